The second-order valence-electron chi connectivity index (χ2n) is 5.13. The Morgan fingerprint density at radius 2 is 1.84 bits per heavy atom. The van der Waals surface area contributed by atoms with Crippen molar-refractivity contribution in [2.75, 3.05) is 34.2 Å². The van der Waals surface area contributed by atoms with E-state index >= 15 is 0 Å². The van der Waals surface area contributed by atoms with E-state index in [1.54, 1.807) is 14.0 Å². The Labute approximate surface area is 116 Å². The molecule has 0 aliphatic heterocycles. The van der Waals surface area contributed by atoms with Crippen molar-refractivity contribution in [1.29, 1.82) is 0 Å². The lowest BCUT2D eigenvalue weighted by Gasteiger charge is -2.27. The first kappa shape index (κ1) is 17.6. The molecule has 0 radical (unpaired) electrons. The maximum atomic E-state index is 12.2. The first-order valence-corrected chi connectivity index (χ1v) is 6.62. The molecule has 0 spiro atoms. The third kappa shape index (κ3) is 6.96. The van der Waals surface area contributed by atoms with Gasteiger partial charge in [0.2, 0.25) is 11.8 Å². The van der Waals surface area contributed by atoms with Gasteiger partial charge in [0.25, 0.3) is 0 Å². The predicted molar refractivity (Wildman–Crippen MR) is 77.8 cm³/mol. The topological polar surface area (TPSA) is 52.7 Å². The van der Waals surface area contributed by atoms with E-state index in [0.717, 1.165) is 12.1 Å². The molecule has 0 saturated heterocycles. The molecule has 0 bridgehead atoms. The number of nitrogens with one attached hydrogen (secondary N) is 1. The zero-order valence-electron chi connectivity index (χ0n) is 12.8. The van der Waals surface area contributed by atoms with Crippen LogP contribution in [0.3, 0.4) is 0 Å². The summed E-state index contributed by atoms with van der Waals surface area (Å²) in [5, 5.41) is 2.86. The maximum absolute atomic E-state index is 12.2. The third-order valence-corrected chi connectivity index (χ3v) is 2.87. The number of hydrogen-bond donors (Lipinski definition) is 1. The normalized spacial score (nSPS) is 12.1. The quantitative estimate of drug-likeness (QED) is 0.665. The van der Waals surface area contributed by atoms with Gasteiger partial charge in [0.1, 0.15) is 6.04 Å². The smallest absolute Gasteiger partial charge is 0.243 e. The van der Waals surface area contributed by atoms with Crippen LogP contribution in [0.2, 0.25) is 0 Å². The van der Waals surface area contributed by atoms with Gasteiger partial charge in [0.15, 0.2) is 0 Å². The second-order valence-corrected chi connectivity index (χ2v) is 5.13. The van der Waals surface area contributed by atoms with E-state index in [0.29, 0.717) is 19.4 Å². The number of carbonyl (C=O) groups excluding carboxylic acids is 2. The average molecular weight is 269 g/mol. The highest BCUT2D eigenvalue weighted by Gasteiger charge is 2.25. The Balaban J connectivity index is 4.60. The van der Waals surface area contributed by atoms with E-state index < -0.39 is 6.04 Å². The van der Waals surface area contributed by atoms with E-state index in [1.807, 2.05) is 25.9 Å². The lowest BCUT2D eigenvalue weighted by molar-refractivity contribution is -0.138. The van der Waals surface area contributed by atoms with Crippen LogP contribution in [0.1, 0.15) is 26.7 Å². The largest absolute Gasteiger partial charge is 0.353 e. The minimum atomic E-state index is -0.466. The molecular formula is C14H27N3O2. The molecule has 2 amide bonds. The first-order chi connectivity index (χ1) is 8.79. The van der Waals surface area contributed by atoms with E-state index in [2.05, 4.69) is 11.9 Å². The van der Waals surface area contributed by atoms with Crippen molar-refractivity contribution in [3.8, 4) is 0 Å². The lowest BCUT2D eigenvalue weighted by Crippen LogP contribution is -2.48. The molecule has 0 aliphatic carbocycles. The van der Waals surface area contributed by atoms with E-state index in [-0.39, 0.29) is 11.8 Å². The van der Waals surface area contributed by atoms with Crippen molar-refractivity contribution in [2.45, 2.75) is 32.7 Å². The molecular weight excluding hydrogens is 242 g/mol. The van der Waals surface area contributed by atoms with Crippen LogP contribution in [0.25, 0.3) is 0 Å². The fourth-order valence-corrected chi connectivity index (χ4v) is 1.68. The molecule has 0 heterocycles. The van der Waals surface area contributed by atoms with E-state index in [9.17, 15) is 9.59 Å². The van der Waals surface area contributed by atoms with Gasteiger partial charge in [0.05, 0.1) is 0 Å². The predicted octanol–water partition coefficient (Wildman–Crippen LogP) is 0.867. The summed E-state index contributed by atoms with van der Waals surface area (Å²) in [6, 6.07) is -0.466. The van der Waals surface area contributed by atoms with E-state index in [1.165, 1.54) is 4.90 Å². The van der Waals surface area contributed by atoms with Crippen molar-refractivity contribution >= 4 is 11.8 Å². The van der Waals surface area contributed by atoms with Gasteiger partial charge in [-0.15, -0.1) is 6.58 Å². The summed E-state index contributed by atoms with van der Waals surface area (Å²) in [7, 11) is 5.57. The zero-order chi connectivity index (χ0) is 15.0. The van der Waals surface area contributed by atoms with Crippen LogP contribution in [0.15, 0.2) is 12.2 Å². The molecule has 110 valence electrons. The van der Waals surface area contributed by atoms with Gasteiger partial charge in [-0.2, -0.15) is 0 Å². The molecule has 5 nitrogen and oxygen atoms in total. The summed E-state index contributed by atoms with van der Waals surface area (Å²) in [6.07, 6.45) is 0.893. The van der Waals surface area contributed by atoms with Crippen LogP contribution in [0.4, 0.5) is 0 Å². The van der Waals surface area contributed by atoms with Gasteiger partial charge >= 0.3 is 0 Å². The zero-order valence-corrected chi connectivity index (χ0v) is 12.8. The molecule has 1 N–H and O–H groups in total. The van der Waals surface area contributed by atoms with Crippen molar-refractivity contribution < 1.29 is 9.59 Å². The molecule has 0 fully saturated rings. The van der Waals surface area contributed by atoms with Crippen LogP contribution in [0, 0.1) is 0 Å². The second kappa shape index (κ2) is 8.69. The summed E-state index contributed by atoms with van der Waals surface area (Å²) in [5.74, 6) is -0.150. The monoisotopic (exact) mass is 269 g/mol. The van der Waals surface area contributed by atoms with Gasteiger partial charge < -0.3 is 15.1 Å². The van der Waals surface area contributed by atoms with E-state index in [4.69, 9.17) is 0 Å². The van der Waals surface area contributed by atoms with Crippen molar-refractivity contribution in [3.63, 3.8) is 0 Å². The fraction of sp³-hybridized carbons (Fsp3) is 0.714. The molecule has 19 heavy (non-hydrogen) atoms. The average Bonchev–Trinajstić information content (AvgIpc) is 2.33. The highest BCUT2D eigenvalue weighted by Crippen LogP contribution is 2.10. The van der Waals surface area contributed by atoms with Crippen LogP contribution in [-0.4, -0.2) is 61.9 Å². The Bertz CT molecular complexity index is 327. The molecule has 0 aliphatic rings. The van der Waals surface area contributed by atoms with Gasteiger partial charge in [-0.05, 0) is 27.4 Å². The number of rotatable bonds is 8. The third-order valence-electron chi connectivity index (χ3n) is 2.87. The highest BCUT2D eigenvalue weighted by molar-refractivity contribution is 5.87. The summed E-state index contributed by atoms with van der Waals surface area (Å²) < 4.78 is 0. The summed E-state index contributed by atoms with van der Waals surface area (Å²) in [4.78, 5) is 27.4. The van der Waals surface area contributed by atoms with Gasteiger partial charge in [0, 0.05) is 26.6 Å². The molecule has 5 heteroatoms. The Morgan fingerprint density at radius 1 is 1.26 bits per heavy atom. The Kier molecular flexibility index (Phi) is 8.07. The molecule has 1 unspecified atom stereocenters. The minimum absolute atomic E-state index is 0.0333. The Hall–Kier alpha value is -1.36. The molecule has 1 atom stereocenters. The molecule has 0 aromatic rings. The maximum Gasteiger partial charge on any atom is 0.243 e. The highest BCUT2D eigenvalue weighted by atomic mass is 16.2. The molecule has 0 aromatic heterocycles. The minimum Gasteiger partial charge on any atom is -0.353 e. The number of amides is 2. The van der Waals surface area contributed by atoms with Crippen molar-refractivity contribution in [2.24, 2.45) is 0 Å². The molecule has 0 saturated carbocycles. The fourth-order valence-electron chi connectivity index (χ4n) is 1.68. The number of hydrogen-bond acceptors (Lipinski definition) is 3. The summed E-state index contributed by atoms with van der Waals surface area (Å²) >= 11 is 0. The Morgan fingerprint density at radius 3 is 2.26 bits per heavy atom. The van der Waals surface area contributed by atoms with Gasteiger partial charge in [-0.1, -0.05) is 12.5 Å². The standard InChI is InChI=1S/C14H27N3O2/c1-7-13(18)17(6)12(10-11(2)3)14(19)15-8-9-16(4)5/h12H,2,7-10H2,1,3-6H3,(H,15,19). The summed E-state index contributed by atoms with van der Waals surface area (Å²) in [5.41, 5.74) is 0.892. The van der Waals surface area contributed by atoms with Gasteiger partial charge in [-0.3, -0.25) is 9.59 Å². The SMILES string of the molecule is C=C(C)CC(C(=O)NCCN(C)C)N(C)C(=O)CC. The molecule has 0 rings (SSSR count). The van der Waals surface area contributed by atoms with Crippen LogP contribution >= 0.6 is 0 Å². The number of likely N-dealkylation sites (N-methyl/N-ethyl adjacent to an activating group) is 2. The van der Waals surface area contributed by atoms with Crippen molar-refractivity contribution in [3.05, 3.63) is 12.2 Å². The van der Waals surface area contributed by atoms with Crippen LogP contribution < -0.4 is 5.32 Å². The van der Waals surface area contributed by atoms with Crippen molar-refractivity contribution in [1.82, 2.24) is 15.1 Å². The van der Waals surface area contributed by atoms with Gasteiger partial charge in [-0.25, -0.2) is 0 Å². The number of nitrogens with zero attached hydrogens (tertiary/aromatic N) is 2. The van der Waals surface area contributed by atoms with Crippen LogP contribution in [-0.2, 0) is 9.59 Å². The van der Waals surface area contributed by atoms with Crippen LogP contribution in [0.5, 0.6) is 0 Å². The number of carbonyl (C=O) groups is 2. The first-order valence-electron chi connectivity index (χ1n) is 6.62. The molecule has 0 aromatic carbocycles. The summed E-state index contributed by atoms with van der Waals surface area (Å²) in [6.45, 7) is 8.84. The lowest BCUT2D eigenvalue weighted by atomic mass is 10.1.